The molecule has 0 aliphatic heterocycles. The molecule has 0 aromatic heterocycles. The number of rotatable bonds is 5. The summed E-state index contributed by atoms with van der Waals surface area (Å²) in [5.74, 6) is 0. The van der Waals surface area contributed by atoms with Crippen molar-refractivity contribution in [2.24, 2.45) is 10.8 Å². The van der Waals surface area contributed by atoms with Crippen LogP contribution >= 0.6 is 7.60 Å². The molecule has 0 saturated heterocycles. The SMILES string of the molecule is CC(C)(C)CC(C)(C)OP(=O)(O)C(C)(C)CC(C)(C)C. The van der Waals surface area contributed by atoms with E-state index >= 15 is 0 Å². The maximum Gasteiger partial charge on any atom is 0.334 e. The Bertz CT molecular complexity index is 370. The summed E-state index contributed by atoms with van der Waals surface area (Å²) >= 11 is 0. The summed E-state index contributed by atoms with van der Waals surface area (Å²) in [4.78, 5) is 10.5. The Kier molecular flexibility index (Phi) is 5.78. The van der Waals surface area contributed by atoms with Crippen molar-refractivity contribution in [1.82, 2.24) is 0 Å². The van der Waals surface area contributed by atoms with Gasteiger partial charge in [0.05, 0.1) is 10.8 Å². The van der Waals surface area contributed by atoms with Gasteiger partial charge < -0.3 is 9.42 Å². The van der Waals surface area contributed by atoms with Crippen LogP contribution in [0.3, 0.4) is 0 Å². The predicted octanol–water partition coefficient (Wildman–Crippen LogP) is 5.62. The third kappa shape index (κ3) is 7.24. The van der Waals surface area contributed by atoms with Gasteiger partial charge in [0.1, 0.15) is 0 Å². The molecule has 0 aliphatic rings. The van der Waals surface area contributed by atoms with E-state index in [1.165, 1.54) is 0 Å². The third-order valence-corrected chi connectivity index (χ3v) is 5.48. The summed E-state index contributed by atoms with van der Waals surface area (Å²) in [6.45, 7) is 20.0. The van der Waals surface area contributed by atoms with Crippen molar-refractivity contribution in [3.05, 3.63) is 0 Å². The van der Waals surface area contributed by atoms with E-state index in [1.807, 2.05) is 27.7 Å². The van der Waals surface area contributed by atoms with Crippen molar-refractivity contribution < 1.29 is 14.0 Å². The molecule has 0 amide bonds. The van der Waals surface area contributed by atoms with Crippen LogP contribution in [0.25, 0.3) is 0 Å². The highest BCUT2D eigenvalue weighted by Gasteiger charge is 2.46. The molecule has 1 N–H and O–H groups in total. The second kappa shape index (κ2) is 5.74. The average Bonchev–Trinajstić information content (AvgIpc) is 1.88. The molecular weight excluding hydrogens is 271 g/mol. The molecule has 0 rings (SSSR count). The van der Waals surface area contributed by atoms with Crippen LogP contribution in [-0.2, 0) is 9.09 Å². The summed E-state index contributed by atoms with van der Waals surface area (Å²) < 4.78 is 18.5. The van der Waals surface area contributed by atoms with Crippen molar-refractivity contribution in [3.8, 4) is 0 Å². The molecular formula is C16H35O3P. The molecule has 0 aromatic rings. The third-order valence-electron chi connectivity index (χ3n) is 3.05. The summed E-state index contributed by atoms with van der Waals surface area (Å²) in [5, 5.41) is -0.750. The summed E-state index contributed by atoms with van der Waals surface area (Å²) in [7, 11) is -3.70. The Balaban J connectivity index is 5.11. The van der Waals surface area contributed by atoms with Crippen molar-refractivity contribution in [2.75, 3.05) is 0 Å². The first-order valence-electron chi connectivity index (χ1n) is 7.41. The lowest BCUT2D eigenvalue weighted by Crippen LogP contribution is -2.35. The van der Waals surface area contributed by atoms with Gasteiger partial charge in [0.25, 0.3) is 0 Å². The molecule has 4 heteroatoms. The largest absolute Gasteiger partial charge is 0.334 e. The Morgan fingerprint density at radius 1 is 0.800 bits per heavy atom. The van der Waals surface area contributed by atoms with Gasteiger partial charge in [-0.3, -0.25) is 4.57 Å². The van der Waals surface area contributed by atoms with Crippen molar-refractivity contribution in [3.63, 3.8) is 0 Å². The molecule has 0 radical (unpaired) electrons. The second-order valence-electron chi connectivity index (χ2n) is 9.66. The van der Waals surface area contributed by atoms with Crippen LogP contribution in [0.2, 0.25) is 0 Å². The topological polar surface area (TPSA) is 46.5 Å². The molecule has 122 valence electrons. The minimum Gasteiger partial charge on any atom is -0.324 e. The van der Waals surface area contributed by atoms with Crippen LogP contribution in [-0.4, -0.2) is 15.7 Å². The Labute approximate surface area is 126 Å². The summed E-state index contributed by atoms with van der Waals surface area (Å²) in [6.07, 6.45) is 1.37. The number of hydrogen-bond acceptors (Lipinski definition) is 2. The smallest absolute Gasteiger partial charge is 0.324 e. The Morgan fingerprint density at radius 2 is 1.15 bits per heavy atom. The van der Waals surface area contributed by atoms with Gasteiger partial charge in [-0.15, -0.1) is 0 Å². The van der Waals surface area contributed by atoms with E-state index in [1.54, 1.807) is 0 Å². The van der Waals surface area contributed by atoms with Gasteiger partial charge in [-0.2, -0.15) is 0 Å². The zero-order chi connectivity index (χ0) is 16.6. The van der Waals surface area contributed by atoms with E-state index in [2.05, 4.69) is 41.5 Å². The first kappa shape index (κ1) is 20.1. The molecule has 0 bridgehead atoms. The predicted molar refractivity (Wildman–Crippen MR) is 87.2 cm³/mol. The highest BCUT2D eigenvalue weighted by Crippen LogP contribution is 2.61. The Morgan fingerprint density at radius 3 is 1.45 bits per heavy atom. The molecule has 0 aliphatic carbocycles. The highest BCUT2D eigenvalue weighted by molar-refractivity contribution is 7.54. The van der Waals surface area contributed by atoms with E-state index in [9.17, 15) is 9.46 Å². The fraction of sp³-hybridized carbons (Fsp3) is 1.00. The van der Waals surface area contributed by atoms with E-state index in [0.29, 0.717) is 6.42 Å². The standard InChI is InChI=1S/C16H35O3P/c1-13(2,3)11-15(7,8)19-20(17,18)16(9,10)12-14(4,5)6/h11-12H2,1-10H3,(H,17,18). The molecule has 20 heavy (non-hydrogen) atoms. The lowest BCUT2D eigenvalue weighted by Gasteiger charge is -2.40. The molecule has 0 fully saturated rings. The van der Waals surface area contributed by atoms with Crippen molar-refractivity contribution >= 4 is 7.60 Å². The average molecular weight is 306 g/mol. The van der Waals surface area contributed by atoms with Gasteiger partial charge >= 0.3 is 7.60 Å². The van der Waals surface area contributed by atoms with Crippen LogP contribution in [0.5, 0.6) is 0 Å². The van der Waals surface area contributed by atoms with Gasteiger partial charge in [-0.1, -0.05) is 41.5 Å². The van der Waals surface area contributed by atoms with E-state index in [0.717, 1.165) is 6.42 Å². The lowest BCUT2D eigenvalue weighted by atomic mass is 9.84. The Hall–Kier alpha value is 0.150. The van der Waals surface area contributed by atoms with Crippen LogP contribution in [0.15, 0.2) is 0 Å². The molecule has 0 aromatic carbocycles. The highest BCUT2D eigenvalue weighted by atomic mass is 31.2. The molecule has 3 nitrogen and oxygen atoms in total. The summed E-state index contributed by atoms with van der Waals surface area (Å²) in [5.41, 5.74) is -0.575. The normalized spacial score (nSPS) is 17.9. The molecule has 1 atom stereocenters. The van der Waals surface area contributed by atoms with E-state index in [4.69, 9.17) is 4.52 Å². The van der Waals surface area contributed by atoms with Crippen LogP contribution in [0.4, 0.5) is 0 Å². The van der Waals surface area contributed by atoms with Crippen molar-refractivity contribution in [1.29, 1.82) is 0 Å². The molecule has 0 heterocycles. The first-order chi connectivity index (χ1) is 8.37. The van der Waals surface area contributed by atoms with Gasteiger partial charge in [-0.25, -0.2) is 0 Å². The molecule has 1 unspecified atom stereocenters. The van der Waals surface area contributed by atoms with Crippen LogP contribution in [0, 0.1) is 10.8 Å². The fourth-order valence-corrected chi connectivity index (χ4v) is 4.82. The zero-order valence-corrected chi connectivity index (χ0v) is 16.0. The maximum absolute atomic E-state index is 12.7. The van der Waals surface area contributed by atoms with Gasteiger partial charge in [0.15, 0.2) is 0 Å². The number of hydrogen-bond donors (Lipinski definition) is 1. The molecule has 0 saturated carbocycles. The van der Waals surface area contributed by atoms with Crippen LogP contribution in [0.1, 0.15) is 82.1 Å². The zero-order valence-electron chi connectivity index (χ0n) is 15.1. The first-order valence-corrected chi connectivity index (χ1v) is 8.98. The van der Waals surface area contributed by atoms with Crippen LogP contribution < -0.4 is 0 Å². The van der Waals surface area contributed by atoms with Gasteiger partial charge in [-0.05, 0) is 51.4 Å². The van der Waals surface area contributed by atoms with Gasteiger partial charge in [0, 0.05) is 0 Å². The lowest BCUT2D eigenvalue weighted by molar-refractivity contribution is 0.0430. The molecule has 0 spiro atoms. The summed E-state index contributed by atoms with van der Waals surface area (Å²) in [6, 6.07) is 0. The fourth-order valence-electron chi connectivity index (χ4n) is 3.17. The minimum atomic E-state index is -3.70. The van der Waals surface area contributed by atoms with Crippen molar-refractivity contribution in [2.45, 2.75) is 92.8 Å². The van der Waals surface area contributed by atoms with E-state index < -0.39 is 18.4 Å². The minimum absolute atomic E-state index is 0.0145. The maximum atomic E-state index is 12.7. The van der Waals surface area contributed by atoms with Gasteiger partial charge in [0.2, 0.25) is 0 Å². The monoisotopic (exact) mass is 306 g/mol. The quantitative estimate of drug-likeness (QED) is 0.671. The van der Waals surface area contributed by atoms with E-state index in [-0.39, 0.29) is 10.8 Å². The second-order valence-corrected chi connectivity index (χ2v) is 12.1.